The molecule has 0 spiro atoms. The van der Waals surface area contributed by atoms with Crippen molar-refractivity contribution in [3.05, 3.63) is 40.8 Å². The number of carbonyl (C=O) groups is 2. The molecule has 198 valence electrons. The molecule has 0 bridgehead atoms. The number of hydrogen-bond donors (Lipinski definition) is 2. The van der Waals surface area contributed by atoms with Crippen LogP contribution in [0.3, 0.4) is 0 Å². The van der Waals surface area contributed by atoms with Crippen LogP contribution in [0.15, 0.2) is 35.3 Å². The van der Waals surface area contributed by atoms with Gasteiger partial charge in [-0.2, -0.15) is 9.97 Å². The number of nitrogens with one attached hydrogen (secondary N) is 2. The molecule has 1 aliphatic carbocycles. The van der Waals surface area contributed by atoms with Crippen molar-refractivity contribution in [2.45, 2.75) is 50.4 Å². The van der Waals surface area contributed by atoms with E-state index in [-0.39, 0.29) is 48.0 Å². The molecule has 3 aromatic heterocycles. The van der Waals surface area contributed by atoms with Gasteiger partial charge in [0, 0.05) is 36.5 Å². The van der Waals surface area contributed by atoms with E-state index in [0.29, 0.717) is 43.2 Å². The third-order valence-electron chi connectivity index (χ3n) is 7.12. The summed E-state index contributed by atoms with van der Waals surface area (Å²) in [7, 11) is 1.55. The first-order valence-corrected chi connectivity index (χ1v) is 12.6. The smallest absolute Gasteiger partial charge is 0.417 e. The van der Waals surface area contributed by atoms with Crippen LogP contribution in [0, 0.1) is 0 Å². The molecule has 5 heterocycles. The predicted octanol–water partition coefficient (Wildman–Crippen LogP) is 1.45. The molecule has 2 amide bonds. The average Bonchev–Trinajstić information content (AvgIpc) is 3.26. The van der Waals surface area contributed by atoms with E-state index in [1.807, 2.05) is 6.07 Å². The van der Waals surface area contributed by atoms with Crippen LogP contribution in [0.5, 0.6) is 11.6 Å². The van der Waals surface area contributed by atoms with Crippen LogP contribution >= 0.6 is 0 Å². The molecule has 0 aromatic carbocycles. The second kappa shape index (κ2) is 9.89. The fourth-order valence-corrected chi connectivity index (χ4v) is 5.27. The van der Waals surface area contributed by atoms with Gasteiger partial charge in [-0.1, -0.05) is 0 Å². The van der Waals surface area contributed by atoms with Crippen LogP contribution in [0.2, 0.25) is 0 Å². The van der Waals surface area contributed by atoms with Crippen LogP contribution in [0.1, 0.15) is 25.7 Å². The fourth-order valence-electron chi connectivity index (χ4n) is 5.27. The summed E-state index contributed by atoms with van der Waals surface area (Å²) >= 11 is 0. The Balaban J connectivity index is 1.06. The zero-order valence-electron chi connectivity index (χ0n) is 20.8. The maximum Gasteiger partial charge on any atom is 0.417 e. The van der Waals surface area contributed by atoms with Crippen molar-refractivity contribution in [3.63, 3.8) is 0 Å². The summed E-state index contributed by atoms with van der Waals surface area (Å²) < 4.78 is 17.9. The lowest BCUT2D eigenvalue weighted by Crippen LogP contribution is -2.46. The van der Waals surface area contributed by atoms with E-state index in [4.69, 9.17) is 14.2 Å². The van der Waals surface area contributed by atoms with Gasteiger partial charge in [0.1, 0.15) is 11.8 Å². The molecular formula is C25H27N7O6. The highest BCUT2D eigenvalue weighted by molar-refractivity contribution is 5.95. The second-order valence-electron chi connectivity index (χ2n) is 9.49. The Bertz CT molecular complexity index is 1460. The lowest BCUT2D eigenvalue weighted by Gasteiger charge is -2.32. The lowest BCUT2D eigenvalue weighted by molar-refractivity contribution is -0.118. The van der Waals surface area contributed by atoms with Crippen molar-refractivity contribution in [2.24, 2.45) is 0 Å². The number of aromatic nitrogens is 4. The highest BCUT2D eigenvalue weighted by Gasteiger charge is 2.47. The number of rotatable bonds is 7. The monoisotopic (exact) mass is 521 g/mol. The zero-order valence-corrected chi connectivity index (χ0v) is 20.8. The Morgan fingerprint density at radius 2 is 2.03 bits per heavy atom. The van der Waals surface area contributed by atoms with Crippen molar-refractivity contribution in [1.29, 1.82) is 0 Å². The number of aryl methyl sites for hydroxylation is 1. The van der Waals surface area contributed by atoms with Gasteiger partial charge >= 0.3 is 6.09 Å². The molecule has 2 aliphatic heterocycles. The van der Waals surface area contributed by atoms with Gasteiger partial charge in [-0.15, -0.1) is 0 Å². The Kier molecular flexibility index (Phi) is 6.27. The summed E-state index contributed by atoms with van der Waals surface area (Å²) in [5.74, 6) is 0.953. The molecule has 0 radical (unpaired) electrons. The molecular weight excluding hydrogens is 494 g/mol. The molecule has 2 N–H and O–H groups in total. The van der Waals surface area contributed by atoms with Crippen LogP contribution in [-0.2, 0) is 16.1 Å². The molecule has 3 atom stereocenters. The van der Waals surface area contributed by atoms with E-state index in [1.165, 1.54) is 11.1 Å². The molecule has 1 saturated heterocycles. The summed E-state index contributed by atoms with van der Waals surface area (Å²) in [5.41, 5.74) is 0.498. The van der Waals surface area contributed by atoms with Crippen molar-refractivity contribution in [2.75, 3.05) is 30.5 Å². The number of fused-ring (bicyclic) bond motifs is 3. The molecule has 3 aliphatic rings. The highest BCUT2D eigenvalue weighted by Crippen LogP contribution is 2.36. The molecule has 13 heteroatoms. The summed E-state index contributed by atoms with van der Waals surface area (Å²) in [4.78, 5) is 51.4. The minimum absolute atomic E-state index is 0.0924. The standard InChI is InChI=1S/C25H27N7O6/c1-36-20-7-3-14-4-8-21(34)31(23(14)29-20)10-2-9-26-15-5-6-16-17(11-15)38-25(35)32(16)24-27-12-18-22(30-24)28-19(33)13-37-18/h3-4,7-8,12,15-17,26H,2,5-6,9-11,13H2,1H3,(H,27,28,30,33)/t15-,16-,17-/m1/s1. The summed E-state index contributed by atoms with van der Waals surface area (Å²) in [5, 5.41) is 7.06. The van der Waals surface area contributed by atoms with Crippen molar-refractivity contribution in [1.82, 2.24) is 24.8 Å². The van der Waals surface area contributed by atoms with Gasteiger partial charge in [-0.25, -0.2) is 14.7 Å². The van der Waals surface area contributed by atoms with Gasteiger partial charge in [0.2, 0.25) is 11.8 Å². The van der Waals surface area contributed by atoms with Crippen molar-refractivity contribution in [3.8, 4) is 11.6 Å². The third-order valence-corrected chi connectivity index (χ3v) is 7.12. The Labute approximate surface area is 217 Å². The van der Waals surface area contributed by atoms with Crippen LogP contribution in [0.4, 0.5) is 16.6 Å². The quantitative estimate of drug-likeness (QED) is 0.437. The molecule has 6 rings (SSSR count). The Hall–Kier alpha value is -4.26. The van der Waals surface area contributed by atoms with E-state index in [0.717, 1.165) is 18.2 Å². The average molecular weight is 522 g/mol. The third kappa shape index (κ3) is 4.49. The maximum absolute atomic E-state index is 12.7. The fraction of sp³-hybridized carbons (Fsp3) is 0.440. The van der Waals surface area contributed by atoms with Gasteiger partial charge in [-0.3, -0.25) is 14.2 Å². The van der Waals surface area contributed by atoms with Crippen LogP contribution in [-0.4, -0.2) is 70.0 Å². The number of hydrogen-bond acceptors (Lipinski definition) is 10. The number of carbonyl (C=O) groups excluding carboxylic acids is 2. The predicted molar refractivity (Wildman–Crippen MR) is 136 cm³/mol. The summed E-state index contributed by atoms with van der Waals surface area (Å²) in [6.45, 7) is 1.12. The van der Waals surface area contributed by atoms with E-state index < -0.39 is 6.09 Å². The second-order valence-corrected chi connectivity index (χ2v) is 9.49. The number of nitrogens with zero attached hydrogens (tertiary/aromatic N) is 5. The Morgan fingerprint density at radius 3 is 2.89 bits per heavy atom. The minimum Gasteiger partial charge on any atom is -0.481 e. The number of amides is 2. The number of methoxy groups -OCH3 is 1. The van der Waals surface area contributed by atoms with Gasteiger partial charge in [-0.05, 0) is 37.9 Å². The molecule has 2 fully saturated rings. The number of pyridine rings is 2. The largest absolute Gasteiger partial charge is 0.481 e. The van der Waals surface area contributed by atoms with Crippen molar-refractivity contribution < 1.29 is 23.8 Å². The number of anilines is 2. The maximum atomic E-state index is 12.7. The SMILES string of the molecule is COc1ccc2ccc(=O)n(CCCN[C@@H]3CC[C@@H]4[C@@H](C3)OC(=O)N4c3ncc4c(n3)NC(=O)CO4)c2n1. The van der Waals surface area contributed by atoms with E-state index in [9.17, 15) is 14.4 Å². The summed E-state index contributed by atoms with van der Waals surface area (Å²) in [6, 6.07) is 6.97. The molecule has 38 heavy (non-hydrogen) atoms. The highest BCUT2D eigenvalue weighted by atomic mass is 16.6. The van der Waals surface area contributed by atoms with E-state index in [2.05, 4.69) is 25.6 Å². The normalized spacial score (nSPS) is 22.3. The molecule has 0 unspecified atom stereocenters. The van der Waals surface area contributed by atoms with Crippen LogP contribution in [0.25, 0.3) is 11.0 Å². The van der Waals surface area contributed by atoms with E-state index in [1.54, 1.807) is 29.9 Å². The topological polar surface area (TPSA) is 150 Å². The lowest BCUT2D eigenvalue weighted by atomic mass is 9.88. The van der Waals surface area contributed by atoms with Gasteiger partial charge in [0.05, 0.1) is 19.3 Å². The first-order chi connectivity index (χ1) is 18.5. The van der Waals surface area contributed by atoms with E-state index >= 15 is 0 Å². The van der Waals surface area contributed by atoms with Gasteiger partial charge in [0.25, 0.3) is 11.5 Å². The minimum atomic E-state index is -0.498. The van der Waals surface area contributed by atoms with Gasteiger partial charge < -0.3 is 24.8 Å². The first-order valence-electron chi connectivity index (χ1n) is 12.6. The Morgan fingerprint density at radius 1 is 1.16 bits per heavy atom. The van der Waals surface area contributed by atoms with Gasteiger partial charge in [0.15, 0.2) is 18.2 Å². The molecule has 13 nitrogen and oxygen atoms in total. The number of ether oxygens (including phenoxy) is 3. The van der Waals surface area contributed by atoms with Crippen molar-refractivity contribution >= 4 is 34.8 Å². The molecule has 1 saturated carbocycles. The summed E-state index contributed by atoms with van der Waals surface area (Å²) in [6.07, 6.45) is 3.60. The van der Waals surface area contributed by atoms with Crippen LogP contribution < -0.4 is 30.6 Å². The molecule has 3 aromatic rings. The zero-order chi connectivity index (χ0) is 26.2. The first kappa shape index (κ1) is 24.1.